The molecule has 2 rings (SSSR count). The molecule has 1 saturated heterocycles. The zero-order chi connectivity index (χ0) is 12.3. The topological polar surface area (TPSA) is 29.3 Å². The maximum Gasteiger partial charge on any atom is 0.0233 e. The second kappa shape index (κ2) is 6.16. The van der Waals surface area contributed by atoms with E-state index in [0.717, 1.165) is 26.1 Å². The minimum absolute atomic E-state index is 0.410. The lowest BCUT2D eigenvalue weighted by Crippen LogP contribution is -2.46. The molecule has 1 aliphatic rings. The Kier molecular flexibility index (Phi) is 4.82. The molecule has 17 heavy (non-hydrogen) atoms. The zero-order valence-electron chi connectivity index (χ0n) is 10.4. The summed E-state index contributed by atoms with van der Waals surface area (Å²) in [5, 5.41) is 0. The van der Waals surface area contributed by atoms with Gasteiger partial charge in [0.1, 0.15) is 0 Å². The van der Waals surface area contributed by atoms with Gasteiger partial charge in [0, 0.05) is 22.7 Å². The summed E-state index contributed by atoms with van der Waals surface area (Å²) >= 11 is 2.35. The molecular weight excluding hydrogens is 323 g/mol. The summed E-state index contributed by atoms with van der Waals surface area (Å²) in [4.78, 5) is 2.54. The standard InChI is InChI=1S/C14H21IN2/c1-2-12-10-17(8-7-14(12)16)9-11-3-5-13(15)6-4-11/h3-6,12,14H,2,7-10,16H2,1H3. The highest BCUT2D eigenvalue weighted by Crippen LogP contribution is 2.20. The number of benzene rings is 1. The summed E-state index contributed by atoms with van der Waals surface area (Å²) in [6.07, 6.45) is 2.34. The average Bonchev–Trinajstić information content (AvgIpc) is 2.34. The molecule has 3 heteroatoms. The van der Waals surface area contributed by atoms with Gasteiger partial charge in [-0.3, -0.25) is 4.90 Å². The molecule has 0 saturated carbocycles. The van der Waals surface area contributed by atoms with Crippen molar-refractivity contribution in [3.8, 4) is 0 Å². The Morgan fingerprint density at radius 1 is 1.35 bits per heavy atom. The Bertz CT molecular complexity index is 350. The van der Waals surface area contributed by atoms with Crippen molar-refractivity contribution in [3.63, 3.8) is 0 Å². The summed E-state index contributed by atoms with van der Waals surface area (Å²) in [6.45, 7) is 5.62. The van der Waals surface area contributed by atoms with Crippen LogP contribution >= 0.6 is 22.6 Å². The van der Waals surface area contributed by atoms with Crippen LogP contribution in [-0.2, 0) is 6.54 Å². The number of nitrogens with two attached hydrogens (primary N) is 1. The summed E-state index contributed by atoms with van der Waals surface area (Å²) in [7, 11) is 0. The molecule has 0 spiro atoms. The predicted octanol–water partition coefficient (Wildman–Crippen LogP) is 2.85. The van der Waals surface area contributed by atoms with Crippen LogP contribution in [0.1, 0.15) is 25.3 Å². The molecule has 1 aliphatic heterocycles. The van der Waals surface area contributed by atoms with Gasteiger partial charge in [-0.25, -0.2) is 0 Å². The Balaban J connectivity index is 1.93. The van der Waals surface area contributed by atoms with E-state index in [4.69, 9.17) is 5.73 Å². The number of likely N-dealkylation sites (tertiary alicyclic amines) is 1. The van der Waals surface area contributed by atoms with E-state index < -0.39 is 0 Å². The Hall–Kier alpha value is -0.130. The highest BCUT2D eigenvalue weighted by molar-refractivity contribution is 14.1. The SMILES string of the molecule is CCC1CN(Cc2ccc(I)cc2)CCC1N. The van der Waals surface area contributed by atoms with Crippen LogP contribution in [0.2, 0.25) is 0 Å². The summed E-state index contributed by atoms with van der Waals surface area (Å²) in [6, 6.07) is 9.24. The second-order valence-corrected chi connectivity index (χ2v) is 6.23. The van der Waals surface area contributed by atoms with E-state index in [1.807, 2.05) is 0 Å². The lowest BCUT2D eigenvalue weighted by atomic mass is 9.90. The van der Waals surface area contributed by atoms with Crippen molar-refractivity contribution < 1.29 is 0 Å². The van der Waals surface area contributed by atoms with E-state index in [9.17, 15) is 0 Å². The highest BCUT2D eigenvalue weighted by atomic mass is 127. The van der Waals surface area contributed by atoms with Crippen molar-refractivity contribution in [2.75, 3.05) is 13.1 Å². The minimum Gasteiger partial charge on any atom is -0.327 e. The summed E-state index contributed by atoms with van der Waals surface area (Å²) < 4.78 is 1.30. The largest absolute Gasteiger partial charge is 0.327 e. The van der Waals surface area contributed by atoms with Crippen molar-refractivity contribution >= 4 is 22.6 Å². The van der Waals surface area contributed by atoms with E-state index in [1.54, 1.807) is 0 Å². The normalized spacial score (nSPS) is 26.1. The fraction of sp³-hybridized carbons (Fsp3) is 0.571. The number of hydrogen-bond acceptors (Lipinski definition) is 2. The van der Waals surface area contributed by atoms with Crippen molar-refractivity contribution in [3.05, 3.63) is 33.4 Å². The van der Waals surface area contributed by atoms with E-state index in [0.29, 0.717) is 12.0 Å². The first-order valence-corrected chi connectivity index (χ1v) is 7.49. The molecule has 2 nitrogen and oxygen atoms in total. The third-order valence-electron chi connectivity index (χ3n) is 3.72. The zero-order valence-corrected chi connectivity index (χ0v) is 12.6. The molecule has 0 aromatic heterocycles. The van der Waals surface area contributed by atoms with E-state index in [-0.39, 0.29) is 0 Å². The van der Waals surface area contributed by atoms with E-state index in [1.165, 1.54) is 15.6 Å². The molecule has 2 unspecified atom stereocenters. The maximum absolute atomic E-state index is 6.14. The smallest absolute Gasteiger partial charge is 0.0233 e. The van der Waals surface area contributed by atoms with Crippen LogP contribution in [0.25, 0.3) is 0 Å². The van der Waals surface area contributed by atoms with Crippen LogP contribution in [-0.4, -0.2) is 24.0 Å². The van der Waals surface area contributed by atoms with E-state index in [2.05, 4.69) is 58.7 Å². The summed E-state index contributed by atoms with van der Waals surface area (Å²) in [5.41, 5.74) is 7.55. The maximum atomic E-state index is 6.14. The Labute approximate surface area is 118 Å². The number of piperidine rings is 1. The molecule has 2 atom stereocenters. The van der Waals surface area contributed by atoms with Crippen LogP contribution < -0.4 is 5.73 Å². The second-order valence-electron chi connectivity index (χ2n) is 4.98. The quantitative estimate of drug-likeness (QED) is 0.855. The van der Waals surface area contributed by atoms with Crippen molar-refractivity contribution in [1.82, 2.24) is 4.90 Å². The number of halogens is 1. The van der Waals surface area contributed by atoms with Crippen LogP contribution in [0, 0.1) is 9.49 Å². The highest BCUT2D eigenvalue weighted by Gasteiger charge is 2.24. The minimum atomic E-state index is 0.410. The number of rotatable bonds is 3. The van der Waals surface area contributed by atoms with Gasteiger partial charge in [-0.1, -0.05) is 25.5 Å². The van der Waals surface area contributed by atoms with Crippen molar-refractivity contribution in [1.29, 1.82) is 0 Å². The Morgan fingerprint density at radius 3 is 2.71 bits per heavy atom. The first-order valence-electron chi connectivity index (χ1n) is 6.41. The molecule has 1 heterocycles. The first kappa shape index (κ1) is 13.3. The predicted molar refractivity (Wildman–Crippen MR) is 80.8 cm³/mol. The molecule has 1 aromatic rings. The molecular formula is C14H21IN2. The van der Waals surface area contributed by atoms with Gasteiger partial charge in [0.15, 0.2) is 0 Å². The van der Waals surface area contributed by atoms with Gasteiger partial charge >= 0.3 is 0 Å². The first-order chi connectivity index (χ1) is 8.19. The lowest BCUT2D eigenvalue weighted by Gasteiger charge is -2.36. The summed E-state index contributed by atoms with van der Waals surface area (Å²) in [5.74, 6) is 0.674. The Morgan fingerprint density at radius 2 is 2.06 bits per heavy atom. The van der Waals surface area contributed by atoms with Gasteiger partial charge < -0.3 is 5.73 Å². The third-order valence-corrected chi connectivity index (χ3v) is 4.44. The molecule has 1 fully saturated rings. The van der Waals surface area contributed by atoms with Crippen LogP contribution in [0.3, 0.4) is 0 Å². The van der Waals surface area contributed by atoms with E-state index >= 15 is 0 Å². The van der Waals surface area contributed by atoms with Gasteiger partial charge in [0.2, 0.25) is 0 Å². The van der Waals surface area contributed by atoms with Crippen molar-refractivity contribution in [2.45, 2.75) is 32.4 Å². The molecule has 0 radical (unpaired) electrons. The molecule has 2 N–H and O–H groups in total. The molecule has 94 valence electrons. The fourth-order valence-corrected chi connectivity index (χ4v) is 2.91. The van der Waals surface area contributed by atoms with Crippen molar-refractivity contribution in [2.24, 2.45) is 11.7 Å². The van der Waals surface area contributed by atoms with Gasteiger partial charge in [-0.2, -0.15) is 0 Å². The fourth-order valence-electron chi connectivity index (χ4n) is 2.55. The van der Waals surface area contributed by atoms with Crippen LogP contribution in [0.15, 0.2) is 24.3 Å². The van der Waals surface area contributed by atoms with Gasteiger partial charge in [0.05, 0.1) is 0 Å². The van der Waals surface area contributed by atoms with Crippen LogP contribution in [0.4, 0.5) is 0 Å². The molecule has 1 aromatic carbocycles. The van der Waals surface area contributed by atoms with Crippen LogP contribution in [0.5, 0.6) is 0 Å². The average molecular weight is 344 g/mol. The monoisotopic (exact) mass is 344 g/mol. The van der Waals surface area contributed by atoms with Gasteiger partial charge in [-0.05, 0) is 59.2 Å². The molecule has 0 amide bonds. The third kappa shape index (κ3) is 3.66. The molecule has 0 bridgehead atoms. The number of hydrogen-bond donors (Lipinski definition) is 1. The van der Waals surface area contributed by atoms with Gasteiger partial charge in [-0.15, -0.1) is 0 Å². The lowest BCUT2D eigenvalue weighted by molar-refractivity contribution is 0.145. The number of nitrogens with zero attached hydrogens (tertiary/aromatic N) is 1. The van der Waals surface area contributed by atoms with Gasteiger partial charge in [0.25, 0.3) is 0 Å². The molecule has 0 aliphatic carbocycles.